The van der Waals surface area contributed by atoms with Crippen molar-refractivity contribution in [2.45, 2.75) is 0 Å². The van der Waals surface area contributed by atoms with E-state index in [4.69, 9.17) is 4.74 Å². The van der Waals surface area contributed by atoms with Crippen LogP contribution in [0.2, 0.25) is 0 Å². The van der Waals surface area contributed by atoms with Crippen molar-refractivity contribution in [3.8, 4) is 0 Å². The standard InChI is InChI=1S/C15H20IN3O2/c16-13-1-3-14(4-2-13)17-5-7-18(8-6-17)15(20)19-9-11-21-12-10-19/h1-4H,5-12H2. The number of urea groups is 1. The van der Waals surface area contributed by atoms with Crippen LogP contribution in [-0.2, 0) is 4.74 Å². The third-order valence-corrected chi connectivity index (χ3v) is 4.74. The van der Waals surface area contributed by atoms with Crippen LogP contribution in [0.4, 0.5) is 10.5 Å². The van der Waals surface area contributed by atoms with E-state index in [0.29, 0.717) is 13.2 Å². The van der Waals surface area contributed by atoms with Crippen molar-refractivity contribution >= 4 is 34.3 Å². The minimum absolute atomic E-state index is 0.167. The molecule has 0 N–H and O–H groups in total. The molecule has 0 spiro atoms. The summed E-state index contributed by atoms with van der Waals surface area (Å²) < 4.78 is 6.55. The Balaban J connectivity index is 1.54. The number of hydrogen-bond acceptors (Lipinski definition) is 3. The van der Waals surface area contributed by atoms with Crippen LogP contribution in [0, 0.1) is 3.57 Å². The molecule has 2 saturated heterocycles. The lowest BCUT2D eigenvalue weighted by atomic mass is 10.2. The van der Waals surface area contributed by atoms with Crippen molar-refractivity contribution in [2.75, 3.05) is 57.4 Å². The van der Waals surface area contributed by atoms with E-state index >= 15 is 0 Å². The van der Waals surface area contributed by atoms with E-state index in [9.17, 15) is 4.79 Å². The summed E-state index contributed by atoms with van der Waals surface area (Å²) >= 11 is 2.32. The van der Waals surface area contributed by atoms with E-state index in [-0.39, 0.29) is 6.03 Å². The van der Waals surface area contributed by atoms with Crippen LogP contribution in [0.15, 0.2) is 24.3 Å². The second-order valence-electron chi connectivity index (χ2n) is 5.33. The van der Waals surface area contributed by atoms with Crippen molar-refractivity contribution in [1.29, 1.82) is 0 Å². The first-order valence-corrected chi connectivity index (χ1v) is 8.44. The van der Waals surface area contributed by atoms with Gasteiger partial charge in [-0.3, -0.25) is 0 Å². The molecule has 0 radical (unpaired) electrons. The molecule has 2 fully saturated rings. The molecule has 1 aromatic carbocycles. The number of halogens is 1. The van der Waals surface area contributed by atoms with Gasteiger partial charge < -0.3 is 19.4 Å². The largest absolute Gasteiger partial charge is 0.378 e. The average Bonchev–Trinajstić information content (AvgIpc) is 2.56. The Labute approximate surface area is 139 Å². The van der Waals surface area contributed by atoms with Crippen molar-refractivity contribution in [3.05, 3.63) is 27.8 Å². The molecule has 2 aliphatic heterocycles. The first kappa shape index (κ1) is 14.9. The minimum atomic E-state index is 0.167. The molecule has 2 amide bonds. The minimum Gasteiger partial charge on any atom is -0.378 e. The topological polar surface area (TPSA) is 36.0 Å². The van der Waals surface area contributed by atoms with Crippen LogP contribution >= 0.6 is 22.6 Å². The second-order valence-corrected chi connectivity index (χ2v) is 6.58. The van der Waals surface area contributed by atoms with Gasteiger partial charge in [-0.15, -0.1) is 0 Å². The average molecular weight is 401 g/mol. The fourth-order valence-corrected chi connectivity index (χ4v) is 3.12. The summed E-state index contributed by atoms with van der Waals surface area (Å²) in [6.45, 7) is 6.15. The van der Waals surface area contributed by atoms with Crippen molar-refractivity contribution in [3.63, 3.8) is 0 Å². The molecule has 1 aromatic rings. The Morgan fingerprint density at radius 3 is 2.10 bits per heavy atom. The second kappa shape index (κ2) is 6.83. The first-order valence-electron chi connectivity index (χ1n) is 7.36. The molecule has 0 atom stereocenters. The van der Waals surface area contributed by atoms with Gasteiger partial charge in [0.05, 0.1) is 13.2 Å². The van der Waals surface area contributed by atoms with Gasteiger partial charge in [-0.05, 0) is 46.9 Å². The summed E-state index contributed by atoms with van der Waals surface area (Å²) in [4.78, 5) is 18.6. The molecule has 2 heterocycles. The lowest BCUT2D eigenvalue weighted by Gasteiger charge is -2.39. The predicted octanol–water partition coefficient (Wildman–Crippen LogP) is 1.87. The Hall–Kier alpha value is -1.02. The quantitative estimate of drug-likeness (QED) is 0.675. The van der Waals surface area contributed by atoms with Crippen molar-refractivity contribution in [2.24, 2.45) is 0 Å². The molecule has 0 aliphatic carbocycles. The fraction of sp³-hybridized carbons (Fsp3) is 0.533. The van der Waals surface area contributed by atoms with E-state index < -0.39 is 0 Å². The third-order valence-electron chi connectivity index (χ3n) is 4.02. The van der Waals surface area contributed by atoms with Crippen LogP contribution in [0.25, 0.3) is 0 Å². The maximum atomic E-state index is 12.4. The van der Waals surface area contributed by atoms with E-state index in [1.165, 1.54) is 9.26 Å². The highest BCUT2D eigenvalue weighted by molar-refractivity contribution is 14.1. The first-order chi connectivity index (χ1) is 10.2. The zero-order valence-electron chi connectivity index (χ0n) is 12.0. The lowest BCUT2D eigenvalue weighted by molar-refractivity contribution is 0.0428. The summed E-state index contributed by atoms with van der Waals surface area (Å²) in [6, 6.07) is 8.73. The maximum Gasteiger partial charge on any atom is 0.320 e. The Morgan fingerprint density at radius 2 is 1.48 bits per heavy atom. The fourth-order valence-electron chi connectivity index (χ4n) is 2.76. The Kier molecular flexibility index (Phi) is 4.84. The molecule has 6 heteroatoms. The maximum absolute atomic E-state index is 12.4. The summed E-state index contributed by atoms with van der Waals surface area (Å²) in [5.41, 5.74) is 1.24. The van der Waals surface area contributed by atoms with Gasteiger partial charge in [-0.1, -0.05) is 0 Å². The monoisotopic (exact) mass is 401 g/mol. The molecule has 0 unspecified atom stereocenters. The predicted molar refractivity (Wildman–Crippen MR) is 90.7 cm³/mol. The van der Waals surface area contributed by atoms with Gasteiger partial charge in [0.2, 0.25) is 0 Å². The molecule has 0 aromatic heterocycles. The highest BCUT2D eigenvalue weighted by Gasteiger charge is 2.26. The van der Waals surface area contributed by atoms with Gasteiger partial charge in [0.15, 0.2) is 0 Å². The molecular weight excluding hydrogens is 381 g/mol. The van der Waals surface area contributed by atoms with Crippen LogP contribution in [0.5, 0.6) is 0 Å². The number of benzene rings is 1. The smallest absolute Gasteiger partial charge is 0.320 e. The molecule has 114 valence electrons. The summed E-state index contributed by atoms with van der Waals surface area (Å²) in [5.74, 6) is 0. The molecule has 3 rings (SSSR count). The number of anilines is 1. The number of morpholine rings is 1. The summed E-state index contributed by atoms with van der Waals surface area (Å²) in [7, 11) is 0. The number of carbonyl (C=O) groups is 1. The molecule has 5 nitrogen and oxygen atoms in total. The summed E-state index contributed by atoms with van der Waals surface area (Å²) in [5, 5.41) is 0. The SMILES string of the molecule is O=C(N1CCOCC1)N1CCN(c2ccc(I)cc2)CC1. The van der Waals surface area contributed by atoms with Crippen LogP contribution < -0.4 is 4.90 Å². The van der Waals surface area contributed by atoms with Crippen LogP contribution in [0.1, 0.15) is 0 Å². The van der Waals surface area contributed by atoms with Crippen molar-refractivity contribution in [1.82, 2.24) is 9.80 Å². The molecule has 0 bridgehead atoms. The summed E-state index contributed by atoms with van der Waals surface area (Å²) in [6.07, 6.45) is 0. The van der Waals surface area contributed by atoms with Gasteiger partial charge >= 0.3 is 6.03 Å². The Bertz CT molecular complexity index is 480. The molecule has 0 saturated carbocycles. The van der Waals surface area contributed by atoms with Gasteiger partial charge in [0.25, 0.3) is 0 Å². The number of hydrogen-bond donors (Lipinski definition) is 0. The number of ether oxygens (including phenoxy) is 1. The van der Waals surface area contributed by atoms with Crippen LogP contribution in [0.3, 0.4) is 0 Å². The zero-order valence-corrected chi connectivity index (χ0v) is 14.2. The molecular formula is C15H20IN3O2. The van der Waals surface area contributed by atoms with E-state index in [1.807, 2.05) is 9.80 Å². The number of carbonyl (C=O) groups excluding carboxylic acids is 1. The highest BCUT2D eigenvalue weighted by Crippen LogP contribution is 2.18. The lowest BCUT2D eigenvalue weighted by Crippen LogP contribution is -2.54. The zero-order chi connectivity index (χ0) is 14.7. The van der Waals surface area contributed by atoms with Gasteiger partial charge in [-0.2, -0.15) is 0 Å². The van der Waals surface area contributed by atoms with Gasteiger partial charge in [0.1, 0.15) is 0 Å². The normalized spacial score (nSPS) is 19.8. The molecule has 21 heavy (non-hydrogen) atoms. The van der Waals surface area contributed by atoms with E-state index in [2.05, 4.69) is 51.8 Å². The highest BCUT2D eigenvalue weighted by atomic mass is 127. The number of amides is 2. The van der Waals surface area contributed by atoms with Gasteiger partial charge in [-0.25, -0.2) is 4.79 Å². The van der Waals surface area contributed by atoms with Gasteiger partial charge in [0, 0.05) is 48.5 Å². The van der Waals surface area contributed by atoms with E-state index in [0.717, 1.165) is 39.3 Å². The van der Waals surface area contributed by atoms with Crippen molar-refractivity contribution < 1.29 is 9.53 Å². The Morgan fingerprint density at radius 1 is 0.905 bits per heavy atom. The number of rotatable bonds is 1. The third kappa shape index (κ3) is 3.60. The number of piperazine rings is 1. The number of nitrogens with zero attached hydrogens (tertiary/aromatic N) is 3. The molecule has 2 aliphatic rings. The van der Waals surface area contributed by atoms with Crippen LogP contribution in [-0.4, -0.2) is 68.3 Å². The van der Waals surface area contributed by atoms with E-state index in [1.54, 1.807) is 0 Å².